The molecule has 2 aromatic rings. The number of ether oxygens (including phenoxy) is 4. The first-order valence-electron chi connectivity index (χ1n) is 6.75. The summed E-state index contributed by atoms with van der Waals surface area (Å²) >= 11 is 3.32. The highest BCUT2D eigenvalue weighted by Crippen LogP contribution is 2.35. The minimum atomic E-state index is -0.602. The number of carbonyl (C=O) groups is 2. The molecule has 24 heavy (non-hydrogen) atoms. The number of esters is 2. The van der Waals surface area contributed by atoms with Crippen LogP contribution in [0.4, 0.5) is 0 Å². The van der Waals surface area contributed by atoms with Gasteiger partial charge in [0.15, 0.2) is 0 Å². The molecule has 1 heterocycles. The van der Waals surface area contributed by atoms with Crippen molar-refractivity contribution in [2.75, 3.05) is 21.3 Å². The first-order valence-corrected chi connectivity index (χ1v) is 7.55. The molecular formula is C16H15BrO7. The Bertz CT molecular complexity index is 726. The fourth-order valence-corrected chi connectivity index (χ4v) is 2.43. The van der Waals surface area contributed by atoms with E-state index < -0.39 is 11.9 Å². The highest BCUT2D eigenvalue weighted by Gasteiger charge is 2.17. The molecule has 1 aromatic carbocycles. The van der Waals surface area contributed by atoms with E-state index in [0.29, 0.717) is 21.7 Å². The van der Waals surface area contributed by atoms with Gasteiger partial charge in [-0.3, -0.25) is 0 Å². The van der Waals surface area contributed by atoms with E-state index in [4.69, 9.17) is 18.6 Å². The largest absolute Gasteiger partial charge is 0.495 e. The molecule has 0 fully saturated rings. The maximum absolute atomic E-state index is 12.2. The van der Waals surface area contributed by atoms with E-state index in [-0.39, 0.29) is 17.9 Å². The van der Waals surface area contributed by atoms with Crippen LogP contribution in [-0.2, 0) is 16.1 Å². The second-order valence-electron chi connectivity index (χ2n) is 4.53. The summed E-state index contributed by atoms with van der Waals surface area (Å²) in [4.78, 5) is 23.5. The van der Waals surface area contributed by atoms with Crippen LogP contribution in [0.3, 0.4) is 0 Å². The predicted molar refractivity (Wildman–Crippen MR) is 86.4 cm³/mol. The quantitative estimate of drug-likeness (QED) is 0.690. The number of hydrogen-bond acceptors (Lipinski definition) is 7. The molecule has 0 saturated heterocycles. The second kappa shape index (κ2) is 7.87. The molecule has 0 aliphatic rings. The molecule has 7 nitrogen and oxygen atoms in total. The van der Waals surface area contributed by atoms with E-state index >= 15 is 0 Å². The molecule has 0 saturated carbocycles. The van der Waals surface area contributed by atoms with Gasteiger partial charge in [-0.05, 0) is 40.2 Å². The Balaban J connectivity index is 2.10. The summed E-state index contributed by atoms with van der Waals surface area (Å²) in [5, 5.41) is 0. The average molecular weight is 399 g/mol. The van der Waals surface area contributed by atoms with Gasteiger partial charge in [0.05, 0.1) is 26.9 Å². The van der Waals surface area contributed by atoms with Crippen LogP contribution in [0.25, 0.3) is 0 Å². The summed E-state index contributed by atoms with van der Waals surface area (Å²) in [6, 6.07) is 6.02. The molecule has 0 radical (unpaired) electrons. The van der Waals surface area contributed by atoms with Gasteiger partial charge < -0.3 is 23.4 Å². The number of carbonyl (C=O) groups excluding carboxylic acids is 2. The van der Waals surface area contributed by atoms with E-state index in [1.54, 1.807) is 0 Å². The molecular weight excluding hydrogens is 384 g/mol. The molecule has 0 spiro atoms. The summed E-state index contributed by atoms with van der Waals surface area (Å²) < 4.78 is 25.9. The molecule has 0 aliphatic heterocycles. The topological polar surface area (TPSA) is 84.2 Å². The van der Waals surface area contributed by atoms with Gasteiger partial charge in [0.2, 0.25) is 5.76 Å². The Hall–Kier alpha value is -2.48. The minimum Gasteiger partial charge on any atom is -0.495 e. The molecule has 128 valence electrons. The Morgan fingerprint density at radius 3 is 2.21 bits per heavy atom. The SMILES string of the molecule is COC(=O)c1ccc(COC(=O)c2cc(OC)c(Br)c(OC)c2)o1. The number of benzene rings is 1. The average Bonchev–Trinajstić information content (AvgIpc) is 3.08. The van der Waals surface area contributed by atoms with E-state index in [1.807, 2.05) is 0 Å². The van der Waals surface area contributed by atoms with E-state index in [1.165, 1.54) is 45.6 Å². The molecule has 1 aromatic heterocycles. The number of halogens is 1. The molecule has 0 bridgehead atoms. The smallest absolute Gasteiger partial charge is 0.373 e. The van der Waals surface area contributed by atoms with Gasteiger partial charge in [-0.25, -0.2) is 9.59 Å². The summed E-state index contributed by atoms with van der Waals surface area (Å²) in [7, 11) is 4.20. The highest BCUT2D eigenvalue weighted by molar-refractivity contribution is 9.10. The number of hydrogen-bond donors (Lipinski definition) is 0. The Morgan fingerprint density at radius 1 is 1.04 bits per heavy atom. The highest BCUT2D eigenvalue weighted by atomic mass is 79.9. The third kappa shape index (κ3) is 3.88. The molecule has 0 atom stereocenters. The molecule has 2 rings (SSSR count). The van der Waals surface area contributed by atoms with Gasteiger partial charge in [-0.15, -0.1) is 0 Å². The van der Waals surface area contributed by atoms with E-state index in [9.17, 15) is 9.59 Å². The lowest BCUT2D eigenvalue weighted by Crippen LogP contribution is -2.06. The van der Waals surface area contributed by atoms with Crippen molar-refractivity contribution in [3.63, 3.8) is 0 Å². The summed E-state index contributed by atoms with van der Waals surface area (Å²) in [6.07, 6.45) is 0. The van der Waals surface area contributed by atoms with Crippen LogP contribution < -0.4 is 9.47 Å². The number of rotatable bonds is 6. The Kier molecular flexibility index (Phi) is 5.86. The first-order chi connectivity index (χ1) is 11.5. The van der Waals surface area contributed by atoms with Gasteiger partial charge in [0.25, 0.3) is 0 Å². The fourth-order valence-electron chi connectivity index (χ4n) is 1.87. The van der Waals surface area contributed by atoms with Gasteiger partial charge in [0, 0.05) is 0 Å². The third-order valence-electron chi connectivity index (χ3n) is 3.08. The number of furan rings is 1. The van der Waals surface area contributed by atoms with Crippen molar-refractivity contribution in [1.29, 1.82) is 0 Å². The second-order valence-corrected chi connectivity index (χ2v) is 5.32. The first kappa shape index (κ1) is 17.9. The van der Waals surface area contributed by atoms with Gasteiger partial charge in [-0.1, -0.05) is 0 Å². The van der Waals surface area contributed by atoms with Crippen LogP contribution in [-0.4, -0.2) is 33.3 Å². The summed E-state index contributed by atoms with van der Waals surface area (Å²) in [5.41, 5.74) is 0.256. The van der Waals surface area contributed by atoms with Crippen LogP contribution in [0.2, 0.25) is 0 Å². The zero-order valence-electron chi connectivity index (χ0n) is 13.3. The summed E-state index contributed by atoms with van der Waals surface area (Å²) in [5.74, 6) is 0.0416. The molecule has 0 aliphatic carbocycles. The van der Waals surface area contributed by atoms with Crippen molar-refractivity contribution in [3.05, 3.63) is 45.8 Å². The van der Waals surface area contributed by atoms with Crippen molar-refractivity contribution in [2.45, 2.75) is 6.61 Å². The van der Waals surface area contributed by atoms with Crippen LogP contribution in [0.15, 0.2) is 33.2 Å². The Morgan fingerprint density at radius 2 is 1.67 bits per heavy atom. The van der Waals surface area contributed by atoms with Crippen LogP contribution in [0, 0.1) is 0 Å². The maximum atomic E-state index is 12.2. The number of methoxy groups -OCH3 is 3. The molecule has 0 unspecified atom stereocenters. The standard InChI is InChI=1S/C16H15BrO7/c1-20-12-6-9(7-13(21-2)14(12)17)15(18)23-8-10-4-5-11(24-10)16(19)22-3/h4-7H,8H2,1-3H3. The lowest BCUT2D eigenvalue weighted by Gasteiger charge is -2.11. The monoisotopic (exact) mass is 398 g/mol. The third-order valence-corrected chi connectivity index (χ3v) is 3.86. The van der Waals surface area contributed by atoms with E-state index in [2.05, 4.69) is 20.7 Å². The van der Waals surface area contributed by atoms with Crippen LogP contribution in [0.1, 0.15) is 26.7 Å². The minimum absolute atomic E-state index is 0.0375. The van der Waals surface area contributed by atoms with Crippen LogP contribution in [0.5, 0.6) is 11.5 Å². The van der Waals surface area contributed by atoms with Gasteiger partial charge in [0.1, 0.15) is 28.3 Å². The van der Waals surface area contributed by atoms with Gasteiger partial charge in [-0.2, -0.15) is 0 Å². The normalized spacial score (nSPS) is 10.2. The maximum Gasteiger partial charge on any atom is 0.373 e. The van der Waals surface area contributed by atoms with Crippen molar-refractivity contribution in [1.82, 2.24) is 0 Å². The van der Waals surface area contributed by atoms with Crippen molar-refractivity contribution >= 4 is 27.9 Å². The van der Waals surface area contributed by atoms with Crippen LogP contribution >= 0.6 is 15.9 Å². The summed E-state index contributed by atoms with van der Waals surface area (Å²) in [6.45, 7) is -0.128. The predicted octanol–water partition coefficient (Wildman–Crippen LogP) is 3.20. The van der Waals surface area contributed by atoms with Crippen molar-refractivity contribution in [2.24, 2.45) is 0 Å². The lowest BCUT2D eigenvalue weighted by molar-refractivity contribution is 0.0437. The van der Waals surface area contributed by atoms with E-state index in [0.717, 1.165) is 0 Å². The zero-order chi connectivity index (χ0) is 17.7. The van der Waals surface area contributed by atoms with Crippen molar-refractivity contribution < 1.29 is 33.0 Å². The fraction of sp³-hybridized carbons (Fsp3) is 0.250. The molecule has 0 amide bonds. The molecule has 0 N–H and O–H groups in total. The zero-order valence-corrected chi connectivity index (χ0v) is 14.8. The van der Waals surface area contributed by atoms with Crippen molar-refractivity contribution in [3.8, 4) is 11.5 Å². The lowest BCUT2D eigenvalue weighted by atomic mass is 10.2. The molecule has 8 heteroatoms. The van der Waals surface area contributed by atoms with Gasteiger partial charge >= 0.3 is 11.9 Å². The Labute approximate surface area is 146 Å².